The van der Waals surface area contributed by atoms with Crippen LogP contribution in [0.3, 0.4) is 0 Å². The number of aromatic amines is 1. The molecule has 0 bridgehead atoms. The molecule has 0 saturated carbocycles. The molecule has 27 heavy (non-hydrogen) atoms. The Morgan fingerprint density at radius 1 is 1.04 bits per heavy atom. The van der Waals surface area contributed by atoms with Crippen molar-refractivity contribution in [2.75, 3.05) is 13.2 Å². The van der Waals surface area contributed by atoms with Gasteiger partial charge < -0.3 is 19.8 Å². The van der Waals surface area contributed by atoms with Crippen LogP contribution >= 0.6 is 0 Å². The van der Waals surface area contributed by atoms with E-state index in [9.17, 15) is 4.79 Å². The van der Waals surface area contributed by atoms with E-state index in [1.54, 1.807) is 12.1 Å². The highest BCUT2D eigenvalue weighted by Gasteiger charge is 2.26. The average molecular weight is 362 g/mol. The van der Waals surface area contributed by atoms with Crippen LogP contribution in [0.5, 0.6) is 11.5 Å². The topological polar surface area (TPSA) is 63.4 Å². The van der Waals surface area contributed by atoms with Crippen LogP contribution < -0.4 is 14.8 Å². The Bertz CT molecular complexity index is 1010. The van der Waals surface area contributed by atoms with Crippen molar-refractivity contribution in [3.8, 4) is 11.5 Å². The number of nitrogens with one attached hydrogen (secondary N) is 2. The van der Waals surface area contributed by atoms with E-state index in [0.717, 1.165) is 36.9 Å². The van der Waals surface area contributed by atoms with Crippen LogP contribution in [-0.2, 0) is 6.42 Å². The van der Waals surface area contributed by atoms with Gasteiger partial charge in [0.2, 0.25) is 0 Å². The third kappa shape index (κ3) is 2.93. The van der Waals surface area contributed by atoms with Gasteiger partial charge in [-0.1, -0.05) is 18.2 Å². The molecule has 1 aromatic heterocycles. The average Bonchev–Trinajstić information content (AvgIpc) is 2.92. The Morgan fingerprint density at radius 2 is 1.89 bits per heavy atom. The Balaban J connectivity index is 1.41. The lowest BCUT2D eigenvalue weighted by molar-refractivity contribution is 0.0931. The third-order valence-electron chi connectivity index (χ3n) is 5.43. The number of hydrogen-bond donors (Lipinski definition) is 2. The van der Waals surface area contributed by atoms with Gasteiger partial charge in [-0.15, -0.1) is 0 Å². The van der Waals surface area contributed by atoms with E-state index < -0.39 is 0 Å². The molecular formula is C22H22N2O3. The highest BCUT2D eigenvalue weighted by atomic mass is 16.5. The molecule has 5 nitrogen and oxygen atoms in total. The summed E-state index contributed by atoms with van der Waals surface area (Å²) in [6.07, 6.45) is 3.91. The van der Waals surface area contributed by atoms with Crippen molar-refractivity contribution in [1.82, 2.24) is 10.3 Å². The van der Waals surface area contributed by atoms with Crippen molar-refractivity contribution in [1.29, 1.82) is 0 Å². The molecule has 2 N–H and O–H groups in total. The Labute approximate surface area is 157 Å². The minimum absolute atomic E-state index is 0.00429. The first-order valence-electron chi connectivity index (χ1n) is 9.59. The fourth-order valence-corrected chi connectivity index (χ4v) is 4.11. The van der Waals surface area contributed by atoms with Crippen LogP contribution in [-0.4, -0.2) is 24.1 Å². The summed E-state index contributed by atoms with van der Waals surface area (Å²) in [5.74, 6) is 1.27. The van der Waals surface area contributed by atoms with Gasteiger partial charge in [-0.2, -0.15) is 0 Å². The summed E-state index contributed by atoms with van der Waals surface area (Å²) >= 11 is 0. The quantitative estimate of drug-likeness (QED) is 0.720. The number of hydrogen-bond acceptors (Lipinski definition) is 3. The maximum Gasteiger partial charge on any atom is 0.251 e. The first kappa shape index (κ1) is 16.2. The summed E-state index contributed by atoms with van der Waals surface area (Å²) in [6, 6.07) is 13.8. The van der Waals surface area contributed by atoms with Crippen LogP contribution in [0.1, 0.15) is 46.9 Å². The minimum Gasteiger partial charge on any atom is -0.490 e. The largest absolute Gasteiger partial charge is 0.490 e. The zero-order valence-electron chi connectivity index (χ0n) is 15.1. The van der Waals surface area contributed by atoms with E-state index in [1.807, 2.05) is 12.1 Å². The van der Waals surface area contributed by atoms with Gasteiger partial charge in [0, 0.05) is 28.6 Å². The van der Waals surface area contributed by atoms with Gasteiger partial charge >= 0.3 is 0 Å². The molecule has 0 saturated heterocycles. The maximum absolute atomic E-state index is 12.9. The first-order valence-corrected chi connectivity index (χ1v) is 9.59. The number of carbonyl (C=O) groups is 1. The van der Waals surface area contributed by atoms with Crippen LogP contribution in [0.2, 0.25) is 0 Å². The highest BCUT2D eigenvalue weighted by molar-refractivity contribution is 5.95. The second-order valence-electron chi connectivity index (χ2n) is 7.19. The molecule has 0 spiro atoms. The van der Waals surface area contributed by atoms with Crippen molar-refractivity contribution >= 4 is 16.8 Å². The maximum atomic E-state index is 12.9. The summed E-state index contributed by atoms with van der Waals surface area (Å²) in [5, 5.41) is 4.47. The predicted molar refractivity (Wildman–Crippen MR) is 103 cm³/mol. The molecule has 2 heterocycles. The number of amides is 1. The summed E-state index contributed by atoms with van der Waals surface area (Å²) < 4.78 is 11.4. The van der Waals surface area contributed by atoms with Gasteiger partial charge in [-0.3, -0.25) is 4.79 Å². The van der Waals surface area contributed by atoms with Crippen LogP contribution in [0.15, 0.2) is 42.5 Å². The molecule has 3 aromatic rings. The van der Waals surface area contributed by atoms with Gasteiger partial charge in [0.1, 0.15) is 0 Å². The molecule has 1 atom stereocenters. The van der Waals surface area contributed by atoms with Gasteiger partial charge in [-0.25, -0.2) is 0 Å². The Kier molecular flexibility index (Phi) is 4.00. The molecular weight excluding hydrogens is 340 g/mol. The molecule has 2 aliphatic rings. The number of ether oxygens (including phenoxy) is 2. The zero-order chi connectivity index (χ0) is 18.2. The van der Waals surface area contributed by atoms with Crippen LogP contribution in [0.25, 0.3) is 10.9 Å². The Morgan fingerprint density at radius 3 is 2.81 bits per heavy atom. The predicted octanol–water partition coefficient (Wildman–Crippen LogP) is 4.14. The van der Waals surface area contributed by atoms with E-state index in [0.29, 0.717) is 30.3 Å². The third-order valence-corrected chi connectivity index (χ3v) is 5.43. The fraction of sp³-hybridized carbons (Fsp3) is 0.318. The summed E-state index contributed by atoms with van der Waals surface area (Å²) in [4.78, 5) is 16.4. The number of carbonyl (C=O) groups excluding carboxylic acids is 1. The fourth-order valence-electron chi connectivity index (χ4n) is 4.11. The molecule has 1 amide bonds. The van der Waals surface area contributed by atoms with E-state index in [2.05, 4.69) is 28.5 Å². The van der Waals surface area contributed by atoms with Gasteiger partial charge in [0.25, 0.3) is 5.91 Å². The molecule has 0 radical (unpaired) electrons. The van der Waals surface area contributed by atoms with Crippen molar-refractivity contribution in [2.24, 2.45) is 0 Å². The van der Waals surface area contributed by atoms with E-state index >= 15 is 0 Å². The van der Waals surface area contributed by atoms with E-state index in [-0.39, 0.29) is 11.9 Å². The number of para-hydroxylation sites is 1. The number of aromatic nitrogens is 1. The van der Waals surface area contributed by atoms with Gasteiger partial charge in [0.15, 0.2) is 11.5 Å². The van der Waals surface area contributed by atoms with Gasteiger partial charge in [-0.05, 0) is 49.1 Å². The molecule has 5 heteroatoms. The smallest absolute Gasteiger partial charge is 0.251 e. The van der Waals surface area contributed by atoms with Crippen molar-refractivity contribution in [2.45, 2.75) is 31.7 Å². The molecule has 0 unspecified atom stereocenters. The lowest BCUT2D eigenvalue weighted by atomic mass is 9.91. The number of fused-ring (bicyclic) bond motifs is 4. The highest BCUT2D eigenvalue weighted by Crippen LogP contribution is 2.35. The second-order valence-corrected chi connectivity index (χ2v) is 7.19. The standard InChI is InChI=1S/C22H22N2O3/c25-22(14-9-10-19-20(13-14)27-12-4-11-26-19)24-18-8-3-6-16-15-5-1-2-7-17(15)23-21(16)18/h1-2,5,7,9-10,13,18,23H,3-4,6,8,11-12H2,(H,24,25)/t18-/m0/s1. The second kappa shape index (κ2) is 6.65. The van der Waals surface area contributed by atoms with E-state index in [4.69, 9.17) is 9.47 Å². The van der Waals surface area contributed by atoms with E-state index in [1.165, 1.54) is 10.9 Å². The molecule has 1 aliphatic carbocycles. The monoisotopic (exact) mass is 362 g/mol. The van der Waals surface area contributed by atoms with Crippen molar-refractivity contribution in [3.05, 3.63) is 59.3 Å². The van der Waals surface area contributed by atoms with Gasteiger partial charge in [0.05, 0.1) is 19.3 Å². The molecule has 1 aliphatic heterocycles. The molecule has 5 rings (SSSR count). The first-order chi connectivity index (χ1) is 13.3. The number of rotatable bonds is 2. The minimum atomic E-state index is -0.0813. The number of benzene rings is 2. The Hall–Kier alpha value is -2.95. The molecule has 138 valence electrons. The number of H-pyrrole nitrogens is 1. The lowest BCUT2D eigenvalue weighted by Crippen LogP contribution is -2.31. The summed E-state index contributed by atoms with van der Waals surface area (Å²) in [6.45, 7) is 1.25. The van der Waals surface area contributed by atoms with Crippen molar-refractivity contribution in [3.63, 3.8) is 0 Å². The normalized spacial score (nSPS) is 18.6. The number of aryl methyl sites for hydroxylation is 1. The SMILES string of the molecule is O=C(N[C@H]1CCCc2c1[nH]c1ccccc21)c1ccc2c(c1)OCCCO2. The molecule has 2 aromatic carbocycles. The molecule has 0 fully saturated rings. The summed E-state index contributed by atoms with van der Waals surface area (Å²) in [7, 11) is 0. The zero-order valence-corrected chi connectivity index (χ0v) is 15.1. The van der Waals surface area contributed by atoms with Crippen LogP contribution in [0.4, 0.5) is 0 Å². The lowest BCUT2D eigenvalue weighted by Gasteiger charge is -2.24. The summed E-state index contributed by atoms with van der Waals surface area (Å²) in [5.41, 5.74) is 4.22. The van der Waals surface area contributed by atoms with Crippen LogP contribution in [0, 0.1) is 0 Å². The van der Waals surface area contributed by atoms with Crippen molar-refractivity contribution < 1.29 is 14.3 Å².